The van der Waals surface area contributed by atoms with E-state index >= 15 is 0 Å². The predicted molar refractivity (Wildman–Crippen MR) is 53.8 cm³/mol. The average molecular weight is 189 g/mol. The van der Waals surface area contributed by atoms with Gasteiger partial charge in [0.1, 0.15) is 0 Å². The number of rotatable bonds is 2. The van der Waals surface area contributed by atoms with Crippen LogP contribution in [0.3, 0.4) is 0 Å². The molecule has 1 heterocycles. The minimum atomic E-state index is -0.596. The van der Waals surface area contributed by atoms with Crippen molar-refractivity contribution in [1.29, 1.82) is 0 Å². The van der Waals surface area contributed by atoms with E-state index < -0.39 is 10.8 Å². The molecule has 0 aliphatic carbocycles. The minimum Gasteiger partial charge on any atom is -0.313 e. The lowest BCUT2D eigenvalue weighted by Gasteiger charge is -2.13. The maximum atomic E-state index is 11.6. The van der Waals surface area contributed by atoms with Crippen LogP contribution in [0.2, 0.25) is 0 Å². The Morgan fingerprint density at radius 1 is 1.58 bits per heavy atom. The molecule has 0 aromatic rings. The van der Waals surface area contributed by atoms with Crippen LogP contribution in [0.1, 0.15) is 33.1 Å². The van der Waals surface area contributed by atoms with Crippen LogP contribution >= 0.6 is 0 Å². The fraction of sp³-hybridized carbons (Fsp3) is 1.00. The largest absolute Gasteiger partial charge is 0.313 e. The smallest absolute Gasteiger partial charge is 0.0391 e. The Hall–Kier alpha value is 0.110. The van der Waals surface area contributed by atoms with Crippen LogP contribution in [0.15, 0.2) is 0 Å². The van der Waals surface area contributed by atoms with Gasteiger partial charge in [0.15, 0.2) is 0 Å². The maximum absolute atomic E-state index is 11.6. The van der Waals surface area contributed by atoms with Crippen LogP contribution in [0, 0.1) is 0 Å². The molecule has 0 saturated carbocycles. The zero-order valence-corrected chi connectivity index (χ0v) is 8.82. The lowest BCUT2D eigenvalue weighted by Crippen LogP contribution is -2.31. The zero-order chi connectivity index (χ0) is 8.97. The van der Waals surface area contributed by atoms with Gasteiger partial charge in [-0.05, 0) is 19.4 Å². The molecule has 12 heavy (non-hydrogen) atoms. The van der Waals surface area contributed by atoms with Gasteiger partial charge in [-0.1, -0.05) is 20.3 Å². The van der Waals surface area contributed by atoms with Gasteiger partial charge in [0.05, 0.1) is 0 Å². The van der Waals surface area contributed by atoms with E-state index in [4.69, 9.17) is 0 Å². The van der Waals surface area contributed by atoms with Crippen molar-refractivity contribution in [3.05, 3.63) is 0 Å². The Bertz CT molecular complexity index is 161. The van der Waals surface area contributed by atoms with Crippen molar-refractivity contribution in [1.82, 2.24) is 5.32 Å². The second-order valence-electron chi connectivity index (χ2n) is 3.59. The summed E-state index contributed by atoms with van der Waals surface area (Å²) in [6, 6.07) is 0.501. The van der Waals surface area contributed by atoms with Gasteiger partial charge >= 0.3 is 0 Å². The molecule has 0 amide bonds. The molecule has 1 aliphatic heterocycles. The van der Waals surface area contributed by atoms with E-state index in [2.05, 4.69) is 19.2 Å². The number of hydrogen-bond donors (Lipinski definition) is 1. The molecule has 0 radical (unpaired) electrons. The molecule has 0 aromatic heterocycles. The van der Waals surface area contributed by atoms with Gasteiger partial charge in [0, 0.05) is 27.8 Å². The standard InChI is InChI=1S/C9H19NOS/c1-3-4-9-7-12(11)8(2)5-6-10-9/h8-10H,3-7H2,1-2H3. The first kappa shape index (κ1) is 10.2. The normalized spacial score (nSPS) is 37.7. The van der Waals surface area contributed by atoms with Gasteiger partial charge in [-0.25, -0.2) is 0 Å². The lowest BCUT2D eigenvalue weighted by molar-refractivity contribution is 0.517. The Morgan fingerprint density at radius 3 is 3.00 bits per heavy atom. The maximum Gasteiger partial charge on any atom is 0.0391 e. The molecule has 0 bridgehead atoms. The summed E-state index contributed by atoms with van der Waals surface area (Å²) in [6.07, 6.45) is 3.41. The number of nitrogens with one attached hydrogen (secondary N) is 1. The van der Waals surface area contributed by atoms with Crippen molar-refractivity contribution >= 4 is 10.8 Å². The van der Waals surface area contributed by atoms with Gasteiger partial charge in [-0.15, -0.1) is 0 Å². The zero-order valence-electron chi connectivity index (χ0n) is 8.01. The topological polar surface area (TPSA) is 29.1 Å². The highest BCUT2D eigenvalue weighted by molar-refractivity contribution is 7.85. The Morgan fingerprint density at radius 2 is 2.33 bits per heavy atom. The summed E-state index contributed by atoms with van der Waals surface area (Å²) in [4.78, 5) is 0. The lowest BCUT2D eigenvalue weighted by atomic mass is 10.2. The summed E-state index contributed by atoms with van der Waals surface area (Å²) in [7, 11) is -0.596. The Labute approximate surface area is 77.6 Å². The average Bonchev–Trinajstić information content (AvgIpc) is 2.16. The minimum absolute atomic E-state index is 0.388. The van der Waals surface area contributed by atoms with E-state index in [1.165, 1.54) is 12.8 Å². The Kier molecular flexibility index (Phi) is 4.22. The van der Waals surface area contributed by atoms with E-state index in [0.29, 0.717) is 11.3 Å². The third kappa shape index (κ3) is 2.87. The summed E-state index contributed by atoms with van der Waals surface area (Å²) < 4.78 is 11.6. The summed E-state index contributed by atoms with van der Waals surface area (Å²) in [5, 5.41) is 3.84. The summed E-state index contributed by atoms with van der Waals surface area (Å²) in [5.41, 5.74) is 0. The molecule has 0 spiro atoms. The predicted octanol–water partition coefficient (Wildman–Crippen LogP) is 1.29. The Balaban J connectivity index is 2.42. The van der Waals surface area contributed by atoms with Crippen LogP contribution in [0.5, 0.6) is 0 Å². The van der Waals surface area contributed by atoms with E-state index in [1.807, 2.05) is 0 Å². The molecule has 1 saturated heterocycles. The second-order valence-corrected chi connectivity index (χ2v) is 5.49. The van der Waals surface area contributed by atoms with E-state index in [9.17, 15) is 4.21 Å². The SMILES string of the molecule is CCCC1CS(=O)C(C)CCN1. The van der Waals surface area contributed by atoms with Crippen molar-refractivity contribution in [2.75, 3.05) is 12.3 Å². The summed E-state index contributed by atoms with van der Waals surface area (Å²) in [6.45, 7) is 5.31. The molecule has 3 heteroatoms. The first-order chi connectivity index (χ1) is 5.74. The molecule has 3 atom stereocenters. The van der Waals surface area contributed by atoms with Gasteiger partial charge in [0.25, 0.3) is 0 Å². The van der Waals surface area contributed by atoms with Gasteiger partial charge in [-0.3, -0.25) is 4.21 Å². The van der Waals surface area contributed by atoms with Crippen LogP contribution in [0.25, 0.3) is 0 Å². The number of hydrogen-bond acceptors (Lipinski definition) is 2. The molecular weight excluding hydrogens is 170 g/mol. The van der Waals surface area contributed by atoms with Crippen molar-refractivity contribution in [3.63, 3.8) is 0 Å². The molecule has 3 unspecified atom stereocenters. The van der Waals surface area contributed by atoms with Crippen molar-refractivity contribution in [2.24, 2.45) is 0 Å². The summed E-state index contributed by atoms with van der Waals surface area (Å²) >= 11 is 0. The van der Waals surface area contributed by atoms with Crippen molar-refractivity contribution in [3.8, 4) is 0 Å². The first-order valence-corrected chi connectivity index (χ1v) is 6.22. The molecule has 0 aromatic carbocycles. The van der Waals surface area contributed by atoms with Crippen LogP contribution in [0.4, 0.5) is 0 Å². The highest BCUT2D eigenvalue weighted by atomic mass is 32.2. The fourth-order valence-electron chi connectivity index (χ4n) is 1.58. The molecule has 1 rings (SSSR count). The molecule has 1 N–H and O–H groups in total. The molecular formula is C9H19NOS. The van der Waals surface area contributed by atoms with Crippen LogP contribution in [-0.2, 0) is 10.8 Å². The summed E-state index contributed by atoms with van der Waals surface area (Å²) in [5.74, 6) is 0.856. The van der Waals surface area contributed by atoms with Gasteiger partial charge in [-0.2, -0.15) is 0 Å². The third-order valence-corrected chi connectivity index (χ3v) is 4.30. The van der Waals surface area contributed by atoms with Crippen LogP contribution in [-0.4, -0.2) is 27.8 Å². The molecule has 72 valence electrons. The molecule has 1 aliphatic rings. The molecule has 1 fully saturated rings. The monoisotopic (exact) mass is 189 g/mol. The van der Waals surface area contributed by atoms with E-state index in [1.54, 1.807) is 0 Å². The van der Waals surface area contributed by atoms with Gasteiger partial charge < -0.3 is 5.32 Å². The van der Waals surface area contributed by atoms with Crippen molar-refractivity contribution in [2.45, 2.75) is 44.4 Å². The van der Waals surface area contributed by atoms with Gasteiger partial charge in [0.2, 0.25) is 0 Å². The van der Waals surface area contributed by atoms with Crippen molar-refractivity contribution < 1.29 is 4.21 Å². The third-order valence-electron chi connectivity index (χ3n) is 2.44. The molecule has 2 nitrogen and oxygen atoms in total. The highest BCUT2D eigenvalue weighted by Gasteiger charge is 2.20. The quantitative estimate of drug-likeness (QED) is 0.709. The second kappa shape index (κ2) is 4.97. The first-order valence-electron chi connectivity index (χ1n) is 4.84. The highest BCUT2D eigenvalue weighted by Crippen LogP contribution is 2.10. The van der Waals surface area contributed by atoms with Crippen LogP contribution < -0.4 is 5.32 Å². The van der Waals surface area contributed by atoms with E-state index in [0.717, 1.165) is 18.7 Å². The van der Waals surface area contributed by atoms with E-state index in [-0.39, 0.29) is 0 Å². The fourth-order valence-corrected chi connectivity index (χ4v) is 2.97.